The first-order valence-electron chi connectivity index (χ1n) is 13.0. The fourth-order valence-electron chi connectivity index (χ4n) is 5.47. The van der Waals surface area contributed by atoms with Crippen LogP contribution < -0.4 is 4.90 Å². The van der Waals surface area contributed by atoms with E-state index in [4.69, 9.17) is 0 Å². The number of hydrogen-bond donors (Lipinski definition) is 0. The number of hydrogen-bond acceptors (Lipinski definition) is 5. The second-order valence-corrected chi connectivity index (χ2v) is 9.88. The molecule has 2 aromatic rings. The van der Waals surface area contributed by atoms with Crippen molar-refractivity contribution in [1.29, 1.82) is 5.26 Å². The molecule has 0 spiro atoms. The predicted octanol–water partition coefficient (Wildman–Crippen LogP) is 3.88. The van der Waals surface area contributed by atoms with Crippen LogP contribution in [0.4, 0.5) is 5.82 Å². The Balaban J connectivity index is 1.35. The number of piperidine rings is 1. The summed E-state index contributed by atoms with van der Waals surface area (Å²) in [7, 11) is 0. The first kappa shape index (κ1) is 25.0. The lowest BCUT2D eigenvalue weighted by Gasteiger charge is -2.39. The normalized spacial score (nSPS) is 19.6. The molecule has 0 radical (unpaired) electrons. The van der Waals surface area contributed by atoms with E-state index in [-0.39, 0.29) is 11.5 Å². The summed E-state index contributed by atoms with van der Waals surface area (Å²) in [4.78, 5) is 24.5. The van der Waals surface area contributed by atoms with Gasteiger partial charge in [0.05, 0.1) is 0 Å². The molecule has 2 aliphatic heterocycles. The van der Waals surface area contributed by atoms with E-state index in [1.165, 1.54) is 5.69 Å². The summed E-state index contributed by atoms with van der Waals surface area (Å²) in [5, 5.41) is 9.81. The zero-order valence-electron chi connectivity index (χ0n) is 21.4. The number of pyridine rings is 1. The molecule has 0 saturated carbocycles. The fourth-order valence-corrected chi connectivity index (χ4v) is 5.47. The Labute approximate surface area is 209 Å². The van der Waals surface area contributed by atoms with E-state index < -0.39 is 0 Å². The Hall–Kier alpha value is -3.11. The van der Waals surface area contributed by atoms with Crippen LogP contribution in [0.5, 0.6) is 0 Å². The van der Waals surface area contributed by atoms with Crippen LogP contribution in [-0.4, -0.2) is 71.1 Å². The number of rotatable bonds is 7. The number of carbonyl (C=O) groups is 1. The van der Waals surface area contributed by atoms with E-state index in [1.807, 2.05) is 23.2 Å². The molecule has 1 amide bonds. The van der Waals surface area contributed by atoms with Crippen molar-refractivity contribution in [3.63, 3.8) is 0 Å². The second kappa shape index (κ2) is 11.5. The van der Waals surface area contributed by atoms with Gasteiger partial charge in [-0.2, -0.15) is 5.26 Å². The summed E-state index contributed by atoms with van der Waals surface area (Å²) >= 11 is 0. The number of likely N-dealkylation sites (tertiary alicyclic amines) is 1. The van der Waals surface area contributed by atoms with Crippen LogP contribution in [0.3, 0.4) is 0 Å². The first-order valence-corrected chi connectivity index (χ1v) is 13.0. The molecule has 35 heavy (non-hydrogen) atoms. The van der Waals surface area contributed by atoms with E-state index in [9.17, 15) is 10.1 Å². The highest BCUT2D eigenvalue weighted by atomic mass is 16.2. The van der Waals surface area contributed by atoms with Gasteiger partial charge in [0.1, 0.15) is 17.5 Å². The highest BCUT2D eigenvalue weighted by molar-refractivity contribution is 6.01. The standard InChI is InChI=1S/C28H38N6O/c1-4-11-34-22(2)17-25(23(34)3)18-26(19-29)28(35)33-12-7-8-24(21-33)20-31-13-15-32(16-14-31)27-9-5-6-10-30-27/h5-6,9-10,17-18,24H,4,7-8,11-16,20-21H2,1-3H3/b26-18-. The molecule has 4 rings (SSSR count). The van der Waals surface area contributed by atoms with Gasteiger partial charge in [0.25, 0.3) is 5.91 Å². The number of carbonyl (C=O) groups excluding carboxylic acids is 1. The molecule has 1 atom stereocenters. The van der Waals surface area contributed by atoms with Crippen LogP contribution in [0, 0.1) is 31.1 Å². The monoisotopic (exact) mass is 474 g/mol. The predicted molar refractivity (Wildman–Crippen MR) is 140 cm³/mol. The van der Waals surface area contributed by atoms with E-state index in [0.29, 0.717) is 5.92 Å². The van der Waals surface area contributed by atoms with E-state index in [0.717, 1.165) is 88.7 Å². The molecular formula is C28H38N6O. The van der Waals surface area contributed by atoms with E-state index in [2.05, 4.69) is 58.3 Å². The second-order valence-electron chi connectivity index (χ2n) is 9.88. The quantitative estimate of drug-likeness (QED) is 0.450. The molecule has 2 saturated heterocycles. The summed E-state index contributed by atoms with van der Waals surface area (Å²) in [5.41, 5.74) is 3.50. The van der Waals surface area contributed by atoms with Gasteiger partial charge in [0, 0.05) is 69.9 Å². The molecule has 0 aromatic carbocycles. The fraction of sp³-hybridized carbons (Fsp3) is 0.536. The lowest BCUT2D eigenvalue weighted by molar-refractivity contribution is -0.128. The van der Waals surface area contributed by atoms with Gasteiger partial charge in [0.15, 0.2) is 0 Å². The molecule has 4 heterocycles. The Morgan fingerprint density at radius 1 is 1.20 bits per heavy atom. The maximum absolute atomic E-state index is 13.3. The van der Waals surface area contributed by atoms with Gasteiger partial charge in [-0.15, -0.1) is 0 Å². The lowest BCUT2D eigenvalue weighted by Crippen LogP contribution is -2.50. The minimum absolute atomic E-state index is 0.127. The highest BCUT2D eigenvalue weighted by Crippen LogP contribution is 2.23. The Kier molecular flexibility index (Phi) is 8.25. The Bertz CT molecular complexity index is 1070. The van der Waals surface area contributed by atoms with Crippen molar-refractivity contribution in [3.05, 3.63) is 53.0 Å². The lowest BCUT2D eigenvalue weighted by atomic mass is 9.96. The third-order valence-corrected chi connectivity index (χ3v) is 7.38. The van der Waals surface area contributed by atoms with Gasteiger partial charge < -0.3 is 14.4 Å². The Morgan fingerprint density at radius 3 is 2.69 bits per heavy atom. The molecule has 0 bridgehead atoms. The molecule has 1 unspecified atom stereocenters. The molecular weight excluding hydrogens is 436 g/mol. The number of piperazine rings is 1. The summed E-state index contributed by atoms with van der Waals surface area (Å²) < 4.78 is 2.26. The highest BCUT2D eigenvalue weighted by Gasteiger charge is 2.28. The summed E-state index contributed by atoms with van der Waals surface area (Å²) in [6, 6.07) is 10.3. The summed E-state index contributed by atoms with van der Waals surface area (Å²) in [5.74, 6) is 1.37. The SMILES string of the molecule is CCCn1c(C)cc(/C=C(/C#N)C(=O)N2CCCC(CN3CCN(c4ccccn4)CC3)C2)c1C. The number of anilines is 1. The first-order chi connectivity index (χ1) is 17.0. The molecule has 2 aromatic heterocycles. The van der Waals surface area contributed by atoms with Crippen molar-refractivity contribution in [2.75, 3.05) is 50.7 Å². The third kappa shape index (κ3) is 5.94. The van der Waals surface area contributed by atoms with Crippen molar-refractivity contribution in [2.24, 2.45) is 5.92 Å². The number of nitrogens with zero attached hydrogens (tertiary/aromatic N) is 6. The van der Waals surface area contributed by atoms with Crippen molar-refractivity contribution < 1.29 is 4.79 Å². The maximum atomic E-state index is 13.3. The van der Waals surface area contributed by atoms with Crippen molar-refractivity contribution in [3.8, 4) is 6.07 Å². The van der Waals surface area contributed by atoms with Gasteiger partial charge in [-0.3, -0.25) is 9.69 Å². The van der Waals surface area contributed by atoms with Crippen molar-refractivity contribution in [2.45, 2.75) is 46.6 Å². The molecule has 2 fully saturated rings. The molecule has 7 heteroatoms. The number of aromatic nitrogens is 2. The van der Waals surface area contributed by atoms with Crippen LogP contribution >= 0.6 is 0 Å². The zero-order chi connectivity index (χ0) is 24.8. The van der Waals surface area contributed by atoms with Crippen molar-refractivity contribution >= 4 is 17.8 Å². The summed E-state index contributed by atoms with van der Waals surface area (Å²) in [6.45, 7) is 13.7. The molecule has 0 aliphatic carbocycles. The van der Waals surface area contributed by atoms with Crippen molar-refractivity contribution in [1.82, 2.24) is 19.4 Å². The summed E-state index contributed by atoms with van der Waals surface area (Å²) in [6.07, 6.45) is 6.82. The minimum Gasteiger partial charge on any atom is -0.354 e. The van der Waals surface area contributed by atoms with Crippen LogP contribution in [0.25, 0.3) is 6.08 Å². The minimum atomic E-state index is -0.127. The van der Waals surface area contributed by atoms with Gasteiger partial charge in [-0.05, 0) is 68.9 Å². The van der Waals surface area contributed by atoms with Crippen LogP contribution in [0.15, 0.2) is 36.0 Å². The molecule has 0 N–H and O–H groups in total. The van der Waals surface area contributed by atoms with E-state index in [1.54, 1.807) is 6.08 Å². The largest absolute Gasteiger partial charge is 0.354 e. The number of aryl methyl sites for hydroxylation is 1. The van der Waals surface area contributed by atoms with Crippen LogP contribution in [0.1, 0.15) is 43.1 Å². The molecule has 186 valence electrons. The number of nitriles is 1. The average Bonchev–Trinajstić information content (AvgIpc) is 3.15. The molecule has 2 aliphatic rings. The van der Waals surface area contributed by atoms with Gasteiger partial charge in [0.2, 0.25) is 0 Å². The van der Waals surface area contributed by atoms with Crippen LogP contribution in [0.2, 0.25) is 0 Å². The number of amides is 1. The average molecular weight is 475 g/mol. The van der Waals surface area contributed by atoms with Gasteiger partial charge in [-0.25, -0.2) is 4.98 Å². The van der Waals surface area contributed by atoms with Crippen LogP contribution in [-0.2, 0) is 11.3 Å². The zero-order valence-corrected chi connectivity index (χ0v) is 21.4. The molecule has 7 nitrogen and oxygen atoms in total. The van der Waals surface area contributed by atoms with Gasteiger partial charge in [-0.1, -0.05) is 13.0 Å². The topological polar surface area (TPSA) is 68.4 Å². The Morgan fingerprint density at radius 2 is 2.00 bits per heavy atom. The van der Waals surface area contributed by atoms with E-state index >= 15 is 0 Å². The van der Waals surface area contributed by atoms with Gasteiger partial charge >= 0.3 is 0 Å². The smallest absolute Gasteiger partial charge is 0.264 e. The third-order valence-electron chi connectivity index (χ3n) is 7.38. The maximum Gasteiger partial charge on any atom is 0.264 e.